The van der Waals surface area contributed by atoms with Crippen LogP contribution in [-0.2, 0) is 13.1 Å². The monoisotopic (exact) mass is 258 g/mol. The van der Waals surface area contributed by atoms with Crippen LogP contribution in [0.4, 0.5) is 5.95 Å². The van der Waals surface area contributed by atoms with E-state index in [2.05, 4.69) is 43.9 Å². The van der Waals surface area contributed by atoms with Crippen molar-refractivity contribution in [3.8, 4) is 0 Å². The maximum absolute atomic E-state index is 5.33. The van der Waals surface area contributed by atoms with Crippen LogP contribution in [0.25, 0.3) is 0 Å². The smallest absolute Gasteiger partial charge is 0.226 e. The molecule has 0 unspecified atom stereocenters. The van der Waals surface area contributed by atoms with Gasteiger partial charge in [0.15, 0.2) is 4.77 Å². The number of nitrogens with zero attached hydrogens (tertiary/aromatic N) is 3. The third-order valence-corrected chi connectivity index (χ3v) is 4.01. The average molecular weight is 258 g/mol. The van der Waals surface area contributed by atoms with E-state index in [4.69, 9.17) is 12.2 Å². The average Bonchev–Trinajstić information content (AvgIpc) is 3.00. The maximum atomic E-state index is 5.33. The number of anilines is 1. The Morgan fingerprint density at radius 2 is 1.83 bits per heavy atom. The Kier molecular flexibility index (Phi) is 2.11. The molecule has 1 aromatic heterocycles. The molecule has 0 bridgehead atoms. The number of benzene rings is 1. The van der Waals surface area contributed by atoms with Crippen molar-refractivity contribution >= 4 is 18.2 Å². The first kappa shape index (κ1) is 10.3. The van der Waals surface area contributed by atoms with E-state index in [9.17, 15) is 0 Å². The minimum atomic E-state index is 0.565. The van der Waals surface area contributed by atoms with Gasteiger partial charge in [0, 0.05) is 19.1 Å². The van der Waals surface area contributed by atoms with Gasteiger partial charge in [-0.15, -0.1) is 5.10 Å². The summed E-state index contributed by atoms with van der Waals surface area (Å²) in [5.74, 6) is 0.999. The van der Waals surface area contributed by atoms with Crippen LogP contribution in [0.2, 0.25) is 0 Å². The number of hydrogen-bond donors (Lipinski definition) is 1. The molecule has 0 radical (unpaired) electrons. The standard InChI is InChI=1S/C13H14N4S/c18-13-15-14-12(17(13)11-5-6-11)16-7-9-3-1-2-4-10(9)8-16/h1-4,11H,5-8H2,(H,15,18). The fraction of sp³-hybridized carbons (Fsp3) is 0.385. The molecule has 4 rings (SSSR count). The Balaban J connectivity index is 1.72. The molecule has 1 aromatic carbocycles. The molecule has 1 aliphatic heterocycles. The highest BCUT2D eigenvalue weighted by Gasteiger charge is 2.31. The number of hydrogen-bond acceptors (Lipinski definition) is 3. The van der Waals surface area contributed by atoms with Crippen LogP contribution in [0.3, 0.4) is 0 Å². The quantitative estimate of drug-likeness (QED) is 0.842. The van der Waals surface area contributed by atoms with Crippen molar-refractivity contribution in [1.29, 1.82) is 0 Å². The normalized spacial score (nSPS) is 18.1. The summed E-state index contributed by atoms with van der Waals surface area (Å²) in [6, 6.07) is 9.14. The van der Waals surface area contributed by atoms with Gasteiger partial charge in [-0.25, -0.2) is 5.10 Å². The van der Waals surface area contributed by atoms with E-state index in [-0.39, 0.29) is 0 Å². The molecule has 2 aromatic rings. The lowest BCUT2D eigenvalue weighted by molar-refractivity contribution is 0.690. The lowest BCUT2D eigenvalue weighted by Crippen LogP contribution is -2.19. The van der Waals surface area contributed by atoms with Crippen LogP contribution in [0.5, 0.6) is 0 Å². The Bertz CT molecular complexity index is 628. The molecule has 1 fully saturated rings. The van der Waals surface area contributed by atoms with Gasteiger partial charge in [-0.1, -0.05) is 24.3 Å². The SMILES string of the molecule is S=c1[nH]nc(N2Cc3ccccc3C2)n1C1CC1. The molecule has 1 aliphatic carbocycles. The van der Waals surface area contributed by atoms with Gasteiger partial charge in [0.25, 0.3) is 0 Å². The van der Waals surface area contributed by atoms with Crippen molar-refractivity contribution in [2.75, 3.05) is 4.90 Å². The fourth-order valence-corrected chi connectivity index (χ4v) is 2.93. The largest absolute Gasteiger partial charge is 0.332 e. The fourth-order valence-electron chi connectivity index (χ4n) is 2.66. The van der Waals surface area contributed by atoms with Crippen LogP contribution >= 0.6 is 12.2 Å². The second-order valence-corrected chi connectivity index (χ2v) is 5.44. The highest BCUT2D eigenvalue weighted by atomic mass is 32.1. The first-order valence-electron chi connectivity index (χ1n) is 6.31. The van der Waals surface area contributed by atoms with Crippen molar-refractivity contribution < 1.29 is 0 Å². The van der Waals surface area contributed by atoms with Gasteiger partial charge < -0.3 is 4.90 Å². The van der Waals surface area contributed by atoms with Gasteiger partial charge >= 0.3 is 0 Å². The summed E-state index contributed by atoms with van der Waals surface area (Å²) in [4.78, 5) is 2.30. The summed E-state index contributed by atoms with van der Waals surface area (Å²) >= 11 is 5.33. The molecule has 2 heterocycles. The highest BCUT2D eigenvalue weighted by Crippen LogP contribution is 2.39. The van der Waals surface area contributed by atoms with Crippen molar-refractivity contribution in [1.82, 2.24) is 14.8 Å². The molecule has 0 saturated heterocycles. The van der Waals surface area contributed by atoms with Crippen LogP contribution in [0.15, 0.2) is 24.3 Å². The molecule has 18 heavy (non-hydrogen) atoms. The molecule has 2 aliphatic rings. The minimum Gasteiger partial charge on any atom is -0.332 e. The second kappa shape index (κ2) is 3.68. The molecule has 1 N–H and O–H groups in total. The van der Waals surface area contributed by atoms with Gasteiger partial charge in [-0.05, 0) is 36.2 Å². The van der Waals surface area contributed by atoms with E-state index < -0.39 is 0 Å². The van der Waals surface area contributed by atoms with Crippen LogP contribution in [-0.4, -0.2) is 14.8 Å². The zero-order valence-electron chi connectivity index (χ0n) is 9.97. The van der Waals surface area contributed by atoms with Gasteiger partial charge in [0.05, 0.1) is 0 Å². The van der Waals surface area contributed by atoms with E-state index in [0.717, 1.165) is 23.8 Å². The Labute approximate surface area is 110 Å². The molecular weight excluding hydrogens is 244 g/mol. The summed E-state index contributed by atoms with van der Waals surface area (Å²) in [5.41, 5.74) is 2.79. The molecule has 0 amide bonds. The summed E-state index contributed by atoms with van der Waals surface area (Å²) < 4.78 is 2.93. The number of nitrogens with one attached hydrogen (secondary N) is 1. The Morgan fingerprint density at radius 1 is 1.17 bits per heavy atom. The summed E-state index contributed by atoms with van der Waals surface area (Å²) in [7, 11) is 0. The number of rotatable bonds is 2. The predicted octanol–water partition coefficient (Wildman–Crippen LogP) is 2.80. The number of aromatic amines is 1. The zero-order valence-corrected chi connectivity index (χ0v) is 10.8. The van der Waals surface area contributed by atoms with Crippen molar-refractivity contribution in [3.05, 3.63) is 40.2 Å². The van der Waals surface area contributed by atoms with Gasteiger partial charge in [-0.2, -0.15) is 0 Å². The third kappa shape index (κ3) is 1.50. The van der Waals surface area contributed by atoms with Crippen molar-refractivity contribution in [2.24, 2.45) is 0 Å². The first-order chi connectivity index (χ1) is 8.83. The number of aromatic nitrogens is 3. The predicted molar refractivity (Wildman–Crippen MR) is 72.0 cm³/mol. The molecule has 4 nitrogen and oxygen atoms in total. The summed E-state index contributed by atoms with van der Waals surface area (Å²) in [5, 5.41) is 7.35. The topological polar surface area (TPSA) is 36.9 Å². The van der Waals surface area contributed by atoms with E-state index in [0.29, 0.717) is 6.04 Å². The van der Waals surface area contributed by atoms with E-state index in [1.807, 2.05) is 0 Å². The number of H-pyrrole nitrogens is 1. The minimum absolute atomic E-state index is 0.565. The molecule has 0 atom stereocenters. The van der Waals surface area contributed by atoms with Crippen LogP contribution in [0.1, 0.15) is 30.0 Å². The maximum Gasteiger partial charge on any atom is 0.226 e. The highest BCUT2D eigenvalue weighted by molar-refractivity contribution is 7.71. The van der Waals surface area contributed by atoms with Crippen molar-refractivity contribution in [2.45, 2.75) is 32.0 Å². The first-order valence-corrected chi connectivity index (χ1v) is 6.72. The molecule has 92 valence electrons. The summed E-state index contributed by atoms with van der Waals surface area (Å²) in [6.07, 6.45) is 2.45. The molecule has 5 heteroatoms. The van der Waals surface area contributed by atoms with E-state index in [1.54, 1.807) is 0 Å². The lowest BCUT2D eigenvalue weighted by Gasteiger charge is -2.17. The summed E-state index contributed by atoms with van der Waals surface area (Å²) in [6.45, 7) is 1.87. The van der Waals surface area contributed by atoms with Gasteiger partial charge in [0.1, 0.15) is 0 Å². The van der Waals surface area contributed by atoms with E-state index in [1.165, 1.54) is 24.0 Å². The lowest BCUT2D eigenvalue weighted by atomic mass is 10.1. The molecule has 1 saturated carbocycles. The zero-order chi connectivity index (χ0) is 12.1. The Hall–Kier alpha value is -1.62. The van der Waals surface area contributed by atoms with Gasteiger partial charge in [-0.3, -0.25) is 4.57 Å². The third-order valence-electron chi connectivity index (χ3n) is 3.72. The van der Waals surface area contributed by atoms with Gasteiger partial charge in [0.2, 0.25) is 5.95 Å². The molecular formula is C13H14N4S. The molecule has 0 spiro atoms. The van der Waals surface area contributed by atoms with E-state index >= 15 is 0 Å². The second-order valence-electron chi connectivity index (χ2n) is 5.05. The Morgan fingerprint density at radius 3 is 2.44 bits per heavy atom. The van der Waals surface area contributed by atoms with Crippen LogP contribution < -0.4 is 4.90 Å². The van der Waals surface area contributed by atoms with Crippen LogP contribution in [0, 0.1) is 4.77 Å². The number of fused-ring (bicyclic) bond motifs is 1. The van der Waals surface area contributed by atoms with Crippen molar-refractivity contribution in [3.63, 3.8) is 0 Å².